The molecular formula is C10H8N2OS. The molecule has 1 atom stereocenters. The van der Waals surface area contributed by atoms with Crippen molar-refractivity contribution in [1.29, 1.82) is 5.26 Å². The topological polar surface area (TPSA) is 52.9 Å². The van der Waals surface area contributed by atoms with Gasteiger partial charge in [-0.05, 0) is 19.1 Å². The van der Waals surface area contributed by atoms with Crippen LogP contribution in [0.25, 0.3) is 0 Å². The van der Waals surface area contributed by atoms with Crippen molar-refractivity contribution in [3.05, 3.63) is 24.3 Å². The first kappa shape index (κ1) is 9.10. The molecule has 70 valence electrons. The van der Waals surface area contributed by atoms with Gasteiger partial charge in [0.05, 0.1) is 11.8 Å². The Hall–Kier alpha value is -1.47. The largest absolute Gasteiger partial charge is 0.323 e. The van der Waals surface area contributed by atoms with Crippen molar-refractivity contribution in [3.8, 4) is 6.07 Å². The third-order valence-electron chi connectivity index (χ3n) is 2.10. The summed E-state index contributed by atoms with van der Waals surface area (Å²) in [4.78, 5) is 12.5. The van der Waals surface area contributed by atoms with Gasteiger partial charge in [-0.3, -0.25) is 4.79 Å². The zero-order valence-electron chi connectivity index (χ0n) is 7.57. The second kappa shape index (κ2) is 3.03. The smallest absolute Gasteiger partial charge is 0.255 e. The van der Waals surface area contributed by atoms with Gasteiger partial charge in [0.1, 0.15) is 0 Å². The molecule has 0 fully saturated rings. The molecule has 1 heterocycles. The van der Waals surface area contributed by atoms with Gasteiger partial charge in [0, 0.05) is 4.90 Å². The fourth-order valence-corrected chi connectivity index (χ4v) is 2.25. The molecule has 3 nitrogen and oxygen atoms in total. The standard InChI is InChI=1S/C10H8N2OS/c1-10(6-11)9(13)12-7-4-2-3-5-8(7)14-10/h2-5H,1H3,(H,12,13). The van der Waals surface area contributed by atoms with E-state index in [-0.39, 0.29) is 5.91 Å². The normalized spacial score (nSPS) is 24.7. The average molecular weight is 204 g/mol. The lowest BCUT2D eigenvalue weighted by Gasteiger charge is -2.26. The molecule has 1 aliphatic heterocycles. The van der Waals surface area contributed by atoms with Crippen LogP contribution in [0.5, 0.6) is 0 Å². The summed E-state index contributed by atoms with van der Waals surface area (Å²) in [5.74, 6) is -0.247. The Kier molecular flexibility index (Phi) is 1.97. The minimum Gasteiger partial charge on any atom is -0.323 e. The first-order valence-electron chi connectivity index (χ1n) is 4.16. The number of nitrogens with zero attached hydrogens (tertiary/aromatic N) is 1. The zero-order chi connectivity index (χ0) is 10.2. The number of thioether (sulfide) groups is 1. The van der Waals surface area contributed by atoms with Gasteiger partial charge in [-0.25, -0.2) is 0 Å². The maximum absolute atomic E-state index is 11.6. The highest BCUT2D eigenvalue weighted by Crippen LogP contribution is 2.41. The predicted octanol–water partition coefficient (Wildman–Crippen LogP) is 2.01. The van der Waals surface area contributed by atoms with Crippen LogP contribution in [0, 0.1) is 11.3 Å². The molecule has 1 unspecified atom stereocenters. The third kappa shape index (κ3) is 1.26. The molecule has 4 heteroatoms. The second-order valence-corrected chi connectivity index (χ2v) is 4.66. The summed E-state index contributed by atoms with van der Waals surface area (Å²) in [6.07, 6.45) is 0. The highest BCUT2D eigenvalue weighted by atomic mass is 32.2. The van der Waals surface area contributed by atoms with Crippen LogP contribution >= 0.6 is 11.8 Å². The summed E-state index contributed by atoms with van der Waals surface area (Å²) >= 11 is 1.29. The molecule has 1 aromatic carbocycles. The number of hydrogen-bond acceptors (Lipinski definition) is 3. The van der Waals surface area contributed by atoms with Gasteiger partial charge >= 0.3 is 0 Å². The molecule has 1 N–H and O–H groups in total. The minimum absolute atomic E-state index is 0.247. The summed E-state index contributed by atoms with van der Waals surface area (Å²) < 4.78 is -1.01. The molecule has 0 saturated carbocycles. The van der Waals surface area contributed by atoms with Crippen LogP contribution in [0.15, 0.2) is 29.2 Å². The molecular weight excluding hydrogens is 196 g/mol. The van der Waals surface area contributed by atoms with Crippen LogP contribution in [-0.4, -0.2) is 10.7 Å². The summed E-state index contributed by atoms with van der Waals surface area (Å²) in [7, 11) is 0. The molecule has 0 radical (unpaired) electrons. The number of amides is 1. The number of fused-ring (bicyclic) bond motifs is 1. The van der Waals surface area contributed by atoms with Crippen molar-refractivity contribution in [2.24, 2.45) is 0 Å². The highest BCUT2D eigenvalue weighted by Gasteiger charge is 2.39. The SMILES string of the molecule is CC1(C#N)Sc2ccccc2NC1=O. The van der Waals surface area contributed by atoms with Crippen LogP contribution in [0.4, 0.5) is 5.69 Å². The van der Waals surface area contributed by atoms with Gasteiger partial charge in [-0.15, -0.1) is 0 Å². The number of carbonyl (C=O) groups is 1. The first-order valence-corrected chi connectivity index (χ1v) is 4.98. The second-order valence-electron chi connectivity index (χ2n) is 3.20. The molecule has 1 amide bonds. The molecule has 2 rings (SSSR count). The molecule has 14 heavy (non-hydrogen) atoms. The van der Waals surface area contributed by atoms with E-state index in [0.29, 0.717) is 0 Å². The summed E-state index contributed by atoms with van der Waals surface area (Å²) in [6.45, 7) is 1.63. The Morgan fingerprint density at radius 2 is 2.21 bits per heavy atom. The van der Waals surface area contributed by atoms with Gasteiger partial charge < -0.3 is 5.32 Å². The molecule has 1 aliphatic rings. The molecule has 0 aromatic heterocycles. The predicted molar refractivity (Wildman–Crippen MR) is 54.9 cm³/mol. The monoisotopic (exact) mass is 204 g/mol. The first-order chi connectivity index (χ1) is 6.65. The maximum Gasteiger partial charge on any atom is 0.255 e. The molecule has 0 saturated heterocycles. The van der Waals surface area contributed by atoms with Crippen LogP contribution in [-0.2, 0) is 4.79 Å². The summed E-state index contributed by atoms with van der Waals surface area (Å²) in [5.41, 5.74) is 0.787. The van der Waals surface area contributed by atoms with Gasteiger partial charge in [-0.1, -0.05) is 23.9 Å². The van der Waals surface area contributed by atoms with E-state index in [9.17, 15) is 4.79 Å². The van der Waals surface area contributed by atoms with E-state index in [1.54, 1.807) is 6.92 Å². The van der Waals surface area contributed by atoms with E-state index in [0.717, 1.165) is 10.6 Å². The third-order valence-corrected chi connectivity index (χ3v) is 3.36. The summed E-state index contributed by atoms with van der Waals surface area (Å²) in [6, 6.07) is 9.50. The Morgan fingerprint density at radius 3 is 2.93 bits per heavy atom. The van der Waals surface area contributed by atoms with E-state index in [4.69, 9.17) is 5.26 Å². The van der Waals surface area contributed by atoms with Crippen LogP contribution in [0.2, 0.25) is 0 Å². The van der Waals surface area contributed by atoms with Crippen molar-refractivity contribution >= 4 is 23.4 Å². The zero-order valence-corrected chi connectivity index (χ0v) is 8.39. The van der Waals surface area contributed by atoms with Crippen molar-refractivity contribution in [2.45, 2.75) is 16.6 Å². The molecule has 0 bridgehead atoms. The average Bonchev–Trinajstić information content (AvgIpc) is 2.20. The Bertz CT molecular complexity index is 438. The molecule has 0 spiro atoms. The quantitative estimate of drug-likeness (QED) is 0.703. The van der Waals surface area contributed by atoms with Crippen LogP contribution in [0.1, 0.15) is 6.92 Å². The van der Waals surface area contributed by atoms with E-state index < -0.39 is 4.75 Å². The number of hydrogen-bond donors (Lipinski definition) is 1. The van der Waals surface area contributed by atoms with Crippen molar-refractivity contribution < 1.29 is 4.79 Å². The molecule has 0 aliphatic carbocycles. The fourth-order valence-electron chi connectivity index (χ4n) is 1.24. The highest BCUT2D eigenvalue weighted by molar-refractivity contribution is 8.02. The van der Waals surface area contributed by atoms with E-state index in [1.165, 1.54) is 11.8 Å². The number of rotatable bonds is 0. The Morgan fingerprint density at radius 1 is 1.50 bits per heavy atom. The number of nitrogens with one attached hydrogen (secondary N) is 1. The lowest BCUT2D eigenvalue weighted by Crippen LogP contribution is -2.38. The van der Waals surface area contributed by atoms with Gasteiger partial charge in [0.2, 0.25) is 0 Å². The Labute approximate surface area is 86.1 Å². The summed E-state index contributed by atoms with van der Waals surface area (Å²) in [5, 5.41) is 11.6. The van der Waals surface area contributed by atoms with Crippen LogP contribution < -0.4 is 5.32 Å². The number of anilines is 1. The lowest BCUT2D eigenvalue weighted by molar-refractivity contribution is -0.117. The van der Waals surface area contributed by atoms with E-state index in [1.807, 2.05) is 30.3 Å². The minimum atomic E-state index is -1.01. The fraction of sp³-hybridized carbons (Fsp3) is 0.200. The number of para-hydroxylation sites is 1. The van der Waals surface area contributed by atoms with Crippen molar-refractivity contribution in [3.63, 3.8) is 0 Å². The van der Waals surface area contributed by atoms with Crippen molar-refractivity contribution in [1.82, 2.24) is 0 Å². The van der Waals surface area contributed by atoms with Gasteiger partial charge in [-0.2, -0.15) is 5.26 Å². The van der Waals surface area contributed by atoms with Gasteiger partial charge in [0.15, 0.2) is 4.75 Å². The lowest BCUT2D eigenvalue weighted by atomic mass is 10.1. The Balaban J connectivity index is 2.47. The number of nitriles is 1. The van der Waals surface area contributed by atoms with Crippen LogP contribution in [0.3, 0.4) is 0 Å². The van der Waals surface area contributed by atoms with Crippen molar-refractivity contribution in [2.75, 3.05) is 5.32 Å². The van der Waals surface area contributed by atoms with E-state index >= 15 is 0 Å². The number of benzene rings is 1. The number of carbonyl (C=O) groups excluding carboxylic acids is 1. The van der Waals surface area contributed by atoms with E-state index in [2.05, 4.69) is 5.32 Å². The maximum atomic E-state index is 11.6. The van der Waals surface area contributed by atoms with Gasteiger partial charge in [0.25, 0.3) is 5.91 Å². The molecule has 1 aromatic rings.